The Labute approximate surface area is 704 Å². The average Bonchev–Trinajstić information content (AvgIpc) is 1.25. The normalized spacial score (nSPS) is 15.2. The highest BCUT2D eigenvalue weighted by atomic mass is 16.5. The number of unbranched alkanes of at least 4 members (excludes halogenated alkanes) is 34. The Balaban J connectivity index is 1.82. The van der Waals surface area contributed by atoms with E-state index in [1.807, 2.05) is 0 Å². The maximum atomic E-state index is 13.8. The van der Waals surface area contributed by atoms with Crippen LogP contribution in [-0.4, -0.2) is 124 Å². The Morgan fingerprint density at radius 2 is 0.549 bits per heavy atom. The second-order valence-corrected chi connectivity index (χ2v) is 37.3. The van der Waals surface area contributed by atoms with Crippen LogP contribution >= 0.6 is 0 Å². The lowest BCUT2D eigenvalue weighted by Crippen LogP contribution is -2.44. The highest BCUT2D eigenvalue weighted by Gasteiger charge is 2.32. The lowest BCUT2D eigenvalue weighted by Gasteiger charge is -2.36. The van der Waals surface area contributed by atoms with Gasteiger partial charge in [-0.3, -0.25) is 19.2 Å². The summed E-state index contributed by atoms with van der Waals surface area (Å²) in [5, 5.41) is 0. The summed E-state index contributed by atoms with van der Waals surface area (Å²) in [7, 11) is 2.26. The molecule has 11 heteroatoms. The van der Waals surface area contributed by atoms with Crippen LogP contribution in [0.5, 0.6) is 0 Å². The van der Waals surface area contributed by atoms with Crippen molar-refractivity contribution in [2.24, 2.45) is 47.3 Å². The van der Waals surface area contributed by atoms with Crippen molar-refractivity contribution >= 4 is 23.9 Å². The second kappa shape index (κ2) is 79.5. The van der Waals surface area contributed by atoms with E-state index in [1.165, 1.54) is 386 Å². The van der Waals surface area contributed by atoms with E-state index in [0.717, 1.165) is 95.3 Å². The minimum atomic E-state index is -0.00751. The van der Waals surface area contributed by atoms with Crippen LogP contribution in [-0.2, 0) is 38.1 Å². The van der Waals surface area contributed by atoms with Gasteiger partial charge in [0.1, 0.15) is 0 Å². The van der Waals surface area contributed by atoms with Gasteiger partial charge in [0, 0.05) is 58.4 Å². The molecule has 11 nitrogen and oxygen atoms in total. The van der Waals surface area contributed by atoms with Gasteiger partial charge in [-0.15, -0.1) is 0 Å². The molecule has 0 aromatic rings. The predicted octanol–water partition coefficient (Wildman–Crippen LogP) is 29.7. The molecule has 2 aliphatic rings. The molecule has 113 heavy (non-hydrogen) atoms. The van der Waals surface area contributed by atoms with Crippen LogP contribution in [0.4, 0.5) is 0 Å². The van der Waals surface area contributed by atoms with Gasteiger partial charge in [0.15, 0.2) is 0 Å². The van der Waals surface area contributed by atoms with Crippen LogP contribution in [0.25, 0.3) is 0 Å². The quantitative estimate of drug-likeness (QED) is 0.0329. The minimum Gasteiger partial charge on any atom is -0.466 e. The molecule has 2 saturated heterocycles. The van der Waals surface area contributed by atoms with Gasteiger partial charge in [0.25, 0.3) is 0 Å². The van der Waals surface area contributed by atoms with Gasteiger partial charge in [0.2, 0.25) is 0 Å². The molecule has 2 rings (SSSR count). The van der Waals surface area contributed by atoms with Crippen molar-refractivity contribution in [2.45, 2.75) is 498 Å². The van der Waals surface area contributed by atoms with Crippen molar-refractivity contribution in [3.8, 4) is 0 Å². The van der Waals surface area contributed by atoms with Crippen LogP contribution < -0.4 is 0 Å². The summed E-state index contributed by atoms with van der Waals surface area (Å²) in [4.78, 5) is 60.3. The van der Waals surface area contributed by atoms with Gasteiger partial charge in [0.05, 0.1) is 26.4 Å². The van der Waals surface area contributed by atoms with Gasteiger partial charge in [-0.05, 0) is 157 Å². The molecule has 0 spiro atoms. The number of esters is 4. The Morgan fingerprint density at radius 1 is 0.257 bits per heavy atom. The Hall–Kier alpha value is -2.24. The summed E-state index contributed by atoms with van der Waals surface area (Å²) >= 11 is 0. The van der Waals surface area contributed by atoms with E-state index in [-0.39, 0.29) is 23.9 Å². The summed E-state index contributed by atoms with van der Waals surface area (Å²) in [6.45, 7) is 30.6. The first-order valence-corrected chi connectivity index (χ1v) is 51.2. The lowest BCUT2D eigenvalue weighted by molar-refractivity contribution is -0.147. The second-order valence-electron chi connectivity index (χ2n) is 37.3. The van der Waals surface area contributed by atoms with Crippen molar-refractivity contribution in [1.82, 2.24) is 14.7 Å². The highest BCUT2D eigenvalue weighted by molar-refractivity contribution is 5.70. The monoisotopic (exact) mass is 1590 g/mol. The fourth-order valence-electron chi connectivity index (χ4n) is 19.2. The van der Waals surface area contributed by atoms with E-state index in [9.17, 15) is 19.2 Å². The number of ether oxygens (including phenoxy) is 4. The molecule has 668 valence electrons. The highest BCUT2D eigenvalue weighted by Crippen LogP contribution is 2.39. The third-order valence-corrected chi connectivity index (χ3v) is 26.9. The number of likely N-dealkylation sites (tertiary alicyclic amines) is 1. The predicted molar refractivity (Wildman–Crippen MR) is 486 cm³/mol. The Bertz CT molecular complexity index is 2030. The van der Waals surface area contributed by atoms with Gasteiger partial charge in [-0.2, -0.15) is 0 Å². The summed E-state index contributed by atoms with van der Waals surface area (Å²) in [6, 6.07) is 0. The number of piperazine rings is 1. The largest absolute Gasteiger partial charge is 0.466 e. The molecule has 0 aromatic heterocycles. The first-order chi connectivity index (χ1) is 55.4. The van der Waals surface area contributed by atoms with Gasteiger partial charge >= 0.3 is 23.9 Å². The van der Waals surface area contributed by atoms with E-state index in [1.54, 1.807) is 0 Å². The number of likely N-dealkylation sites (N-methyl/N-ethyl adjacent to an activating group) is 1. The van der Waals surface area contributed by atoms with E-state index in [2.05, 4.69) is 77.1 Å². The maximum absolute atomic E-state index is 13.8. The van der Waals surface area contributed by atoms with Crippen molar-refractivity contribution in [3.63, 3.8) is 0 Å². The standard InChI is InChI=1S/C102H197N3O8/c1-10-18-41-59-92(60-42-19-11-2)75-85-110-99(106)70-52-37-29-25-33-48-63-91(74-80-104-83-81-103(9)82-84-104)64-49-34-26-30-40-55-73-102(109)113-90-98(96(68-46-23-15-6)69-47-24-16-7)97(58-17-8)88-94(65-45-22-14-5)77-87-112-101(108)72-54-39-32-28-36-51-67-95(89-105-78-56-57-79-105)66-50-35-27-31-38-53-71-100(107)111-86-76-93(61-43-20-12-3)62-44-21-13-4/h91-98H,10-90H2,1-9H3. The molecule has 2 aliphatic heterocycles. The third-order valence-electron chi connectivity index (χ3n) is 26.9. The van der Waals surface area contributed by atoms with E-state index in [0.29, 0.717) is 87.6 Å². The van der Waals surface area contributed by atoms with E-state index < -0.39 is 0 Å². The van der Waals surface area contributed by atoms with Crippen LogP contribution in [0.3, 0.4) is 0 Å². The van der Waals surface area contributed by atoms with Crippen molar-refractivity contribution in [2.75, 3.05) is 85.8 Å². The van der Waals surface area contributed by atoms with Crippen molar-refractivity contribution in [1.29, 1.82) is 0 Å². The zero-order valence-corrected chi connectivity index (χ0v) is 77.5. The SMILES string of the molecule is CCCCCC(CCCCC)CCOC(=O)CCCCCCCCC(CCCCCCCCC(=O)OCC(C(CCCCC)CCCCC)C(CCC)CC(CCCCC)CCOC(=O)CCCCCCCCC(CCCCCCCCC(=O)OCCC(CCCCC)CCCCC)CN1CCCC1)CCN1CCN(C)CC1. The van der Waals surface area contributed by atoms with Crippen molar-refractivity contribution in [3.05, 3.63) is 0 Å². The summed E-state index contributed by atoms with van der Waals surface area (Å²) in [5.41, 5.74) is 0. The molecule has 5 unspecified atom stereocenters. The van der Waals surface area contributed by atoms with Gasteiger partial charge in [-0.25, -0.2) is 0 Å². The Kier molecular flexibility index (Phi) is 75.2. The van der Waals surface area contributed by atoms with Gasteiger partial charge < -0.3 is 33.6 Å². The molecule has 0 saturated carbocycles. The first kappa shape index (κ1) is 107. The minimum absolute atomic E-state index is 0.00751. The van der Waals surface area contributed by atoms with Gasteiger partial charge in [-0.1, -0.05) is 389 Å². The molecule has 0 amide bonds. The molecule has 5 atom stereocenters. The zero-order valence-electron chi connectivity index (χ0n) is 77.5. The summed E-state index contributed by atoms with van der Waals surface area (Å²) in [6.07, 6.45) is 82.5. The fourth-order valence-corrected chi connectivity index (χ4v) is 19.2. The van der Waals surface area contributed by atoms with Crippen LogP contribution in [0.1, 0.15) is 498 Å². The molecule has 2 fully saturated rings. The smallest absolute Gasteiger partial charge is 0.305 e. The van der Waals surface area contributed by atoms with E-state index >= 15 is 0 Å². The topological polar surface area (TPSA) is 115 Å². The number of hydrogen-bond donors (Lipinski definition) is 0. The van der Waals surface area contributed by atoms with Crippen LogP contribution in [0.2, 0.25) is 0 Å². The molecule has 0 bridgehead atoms. The lowest BCUT2D eigenvalue weighted by atomic mass is 9.71. The van der Waals surface area contributed by atoms with Crippen LogP contribution in [0, 0.1) is 47.3 Å². The zero-order chi connectivity index (χ0) is 81.8. The number of carbonyl (C=O) groups excluding carboxylic acids is 4. The number of carbonyl (C=O) groups is 4. The number of hydrogen-bond acceptors (Lipinski definition) is 11. The van der Waals surface area contributed by atoms with E-state index in [4.69, 9.17) is 18.9 Å². The van der Waals surface area contributed by atoms with Crippen LogP contribution in [0.15, 0.2) is 0 Å². The van der Waals surface area contributed by atoms with Crippen molar-refractivity contribution < 1.29 is 38.1 Å². The Morgan fingerprint density at radius 3 is 0.903 bits per heavy atom. The molecule has 0 radical (unpaired) electrons. The molecule has 0 N–H and O–H groups in total. The molecule has 2 heterocycles. The average molecular weight is 1590 g/mol. The number of rotatable bonds is 86. The molecule has 0 aromatic carbocycles. The molecular weight excluding hydrogens is 1400 g/mol. The first-order valence-electron chi connectivity index (χ1n) is 51.2. The maximum Gasteiger partial charge on any atom is 0.305 e. The molecular formula is C102H197N3O8. The summed E-state index contributed by atoms with van der Waals surface area (Å²) < 4.78 is 24.1. The summed E-state index contributed by atoms with van der Waals surface area (Å²) in [5.74, 6) is 5.05. The third kappa shape index (κ3) is 64.3. The number of nitrogens with zero attached hydrogens (tertiary/aromatic N) is 3. The fraction of sp³-hybridized carbons (Fsp3) is 0.961. The molecule has 0 aliphatic carbocycles.